The average molecular weight is 346 g/mol. The third-order valence-corrected chi connectivity index (χ3v) is 4.11. The summed E-state index contributed by atoms with van der Waals surface area (Å²) in [6, 6.07) is 17.3. The molecule has 3 aromatic rings. The first kappa shape index (κ1) is 17.6. The van der Waals surface area contributed by atoms with E-state index in [0.717, 1.165) is 16.9 Å². The van der Waals surface area contributed by atoms with Crippen LogP contribution >= 0.6 is 0 Å². The number of nitrogens with zero attached hydrogens (tertiary/aromatic N) is 2. The summed E-state index contributed by atoms with van der Waals surface area (Å²) in [5.41, 5.74) is 4.27. The van der Waals surface area contributed by atoms with Crippen LogP contribution < -0.4 is 10.6 Å². The standard InChI is InChI=1S/C21H22N4O/c1-14(2)16-8-10-17(11-9-16)23-20(26)19-12-13-22-21(25-19)24-18-7-5-4-6-15(18)3/h4-14H,1-3H3,(H,23,26)(H,22,24,25). The van der Waals surface area contributed by atoms with E-state index in [1.54, 1.807) is 12.3 Å². The number of anilines is 3. The normalized spacial score (nSPS) is 10.6. The van der Waals surface area contributed by atoms with Gasteiger partial charge in [-0.1, -0.05) is 44.2 Å². The minimum absolute atomic E-state index is 0.266. The Morgan fingerprint density at radius 2 is 1.73 bits per heavy atom. The highest BCUT2D eigenvalue weighted by molar-refractivity contribution is 6.03. The van der Waals surface area contributed by atoms with Gasteiger partial charge in [0.05, 0.1) is 0 Å². The molecule has 0 aliphatic rings. The monoisotopic (exact) mass is 346 g/mol. The topological polar surface area (TPSA) is 66.9 Å². The second kappa shape index (κ2) is 7.78. The number of benzene rings is 2. The molecule has 5 heteroatoms. The van der Waals surface area contributed by atoms with E-state index in [9.17, 15) is 4.79 Å². The number of carbonyl (C=O) groups is 1. The van der Waals surface area contributed by atoms with Gasteiger partial charge in [0.25, 0.3) is 5.91 Å². The van der Waals surface area contributed by atoms with Crippen LogP contribution in [0, 0.1) is 6.92 Å². The lowest BCUT2D eigenvalue weighted by atomic mass is 10.0. The minimum Gasteiger partial charge on any atom is -0.324 e. The third-order valence-electron chi connectivity index (χ3n) is 4.11. The fourth-order valence-electron chi connectivity index (χ4n) is 2.53. The van der Waals surface area contributed by atoms with Crippen molar-refractivity contribution in [3.05, 3.63) is 77.6 Å². The van der Waals surface area contributed by atoms with Crippen molar-refractivity contribution >= 4 is 23.2 Å². The SMILES string of the molecule is Cc1ccccc1Nc1nccc(C(=O)Nc2ccc(C(C)C)cc2)n1. The lowest BCUT2D eigenvalue weighted by Crippen LogP contribution is -2.14. The van der Waals surface area contributed by atoms with Crippen molar-refractivity contribution in [3.8, 4) is 0 Å². The summed E-state index contributed by atoms with van der Waals surface area (Å²) < 4.78 is 0. The van der Waals surface area contributed by atoms with Crippen LogP contribution in [-0.4, -0.2) is 15.9 Å². The smallest absolute Gasteiger partial charge is 0.274 e. The van der Waals surface area contributed by atoms with Gasteiger partial charge in [0.2, 0.25) is 5.95 Å². The summed E-state index contributed by atoms with van der Waals surface area (Å²) in [5.74, 6) is 0.580. The average Bonchev–Trinajstić information content (AvgIpc) is 2.64. The lowest BCUT2D eigenvalue weighted by molar-refractivity contribution is 0.102. The van der Waals surface area contributed by atoms with Crippen molar-refractivity contribution in [2.24, 2.45) is 0 Å². The zero-order chi connectivity index (χ0) is 18.5. The fourth-order valence-corrected chi connectivity index (χ4v) is 2.53. The van der Waals surface area contributed by atoms with E-state index < -0.39 is 0 Å². The van der Waals surface area contributed by atoms with Crippen LogP contribution in [-0.2, 0) is 0 Å². The van der Waals surface area contributed by atoms with Gasteiger partial charge in [0, 0.05) is 17.6 Å². The number of nitrogens with one attached hydrogen (secondary N) is 2. The fraction of sp³-hybridized carbons (Fsp3) is 0.190. The number of hydrogen-bond acceptors (Lipinski definition) is 4. The van der Waals surface area contributed by atoms with Crippen LogP contribution in [0.5, 0.6) is 0 Å². The summed E-state index contributed by atoms with van der Waals surface area (Å²) in [5, 5.41) is 6.02. The predicted octanol–water partition coefficient (Wildman–Crippen LogP) is 4.90. The summed E-state index contributed by atoms with van der Waals surface area (Å²) in [4.78, 5) is 21.0. The summed E-state index contributed by atoms with van der Waals surface area (Å²) in [7, 11) is 0. The number of hydrogen-bond donors (Lipinski definition) is 2. The van der Waals surface area contributed by atoms with E-state index in [1.165, 1.54) is 5.56 Å². The summed E-state index contributed by atoms with van der Waals surface area (Å²) in [6.07, 6.45) is 1.57. The van der Waals surface area contributed by atoms with E-state index in [4.69, 9.17) is 0 Å². The Morgan fingerprint density at radius 3 is 2.42 bits per heavy atom. The van der Waals surface area contributed by atoms with Crippen molar-refractivity contribution in [2.45, 2.75) is 26.7 Å². The number of carbonyl (C=O) groups excluding carboxylic acids is 1. The highest BCUT2D eigenvalue weighted by Crippen LogP contribution is 2.19. The highest BCUT2D eigenvalue weighted by atomic mass is 16.1. The van der Waals surface area contributed by atoms with Crippen LogP contribution in [0.4, 0.5) is 17.3 Å². The zero-order valence-electron chi connectivity index (χ0n) is 15.2. The molecule has 1 amide bonds. The molecule has 0 aliphatic heterocycles. The molecule has 0 bridgehead atoms. The molecule has 0 fully saturated rings. The Balaban J connectivity index is 1.73. The van der Waals surface area contributed by atoms with Gasteiger partial charge in [0.15, 0.2) is 0 Å². The molecule has 0 saturated heterocycles. The number of aromatic nitrogens is 2. The number of aryl methyl sites for hydroxylation is 1. The van der Waals surface area contributed by atoms with Crippen molar-refractivity contribution in [1.29, 1.82) is 0 Å². The number of amides is 1. The Hall–Kier alpha value is -3.21. The molecule has 0 saturated carbocycles. The molecule has 0 atom stereocenters. The Bertz CT molecular complexity index is 904. The Morgan fingerprint density at radius 1 is 1.00 bits per heavy atom. The summed E-state index contributed by atoms with van der Waals surface area (Å²) >= 11 is 0. The highest BCUT2D eigenvalue weighted by Gasteiger charge is 2.10. The van der Waals surface area contributed by atoms with E-state index in [1.807, 2.05) is 55.5 Å². The molecular formula is C21H22N4O. The van der Waals surface area contributed by atoms with Gasteiger partial charge in [-0.15, -0.1) is 0 Å². The quantitative estimate of drug-likeness (QED) is 0.689. The lowest BCUT2D eigenvalue weighted by Gasteiger charge is -2.10. The van der Waals surface area contributed by atoms with Gasteiger partial charge >= 0.3 is 0 Å². The molecule has 3 rings (SSSR count). The molecule has 132 valence electrons. The van der Waals surface area contributed by atoms with Gasteiger partial charge in [-0.05, 0) is 48.2 Å². The zero-order valence-corrected chi connectivity index (χ0v) is 15.2. The van der Waals surface area contributed by atoms with Crippen LogP contribution in [0.1, 0.15) is 41.4 Å². The maximum Gasteiger partial charge on any atom is 0.274 e. The maximum atomic E-state index is 12.5. The van der Waals surface area contributed by atoms with E-state index in [2.05, 4.69) is 34.4 Å². The van der Waals surface area contributed by atoms with Gasteiger partial charge in [0.1, 0.15) is 5.69 Å². The van der Waals surface area contributed by atoms with Gasteiger partial charge in [-0.2, -0.15) is 0 Å². The van der Waals surface area contributed by atoms with Crippen LogP contribution in [0.15, 0.2) is 60.8 Å². The molecule has 0 unspecified atom stereocenters. The molecule has 0 aliphatic carbocycles. The molecule has 1 heterocycles. The maximum absolute atomic E-state index is 12.5. The largest absolute Gasteiger partial charge is 0.324 e. The third kappa shape index (κ3) is 4.25. The molecule has 0 radical (unpaired) electrons. The number of para-hydroxylation sites is 1. The molecule has 1 aromatic heterocycles. The van der Waals surface area contributed by atoms with E-state index in [0.29, 0.717) is 17.6 Å². The molecule has 2 N–H and O–H groups in total. The van der Waals surface area contributed by atoms with Crippen LogP contribution in [0.3, 0.4) is 0 Å². The second-order valence-electron chi connectivity index (χ2n) is 6.44. The Labute approximate surface area is 153 Å². The van der Waals surface area contributed by atoms with Crippen LogP contribution in [0.2, 0.25) is 0 Å². The van der Waals surface area contributed by atoms with Gasteiger partial charge in [-0.25, -0.2) is 9.97 Å². The first-order chi connectivity index (χ1) is 12.5. The van der Waals surface area contributed by atoms with E-state index >= 15 is 0 Å². The van der Waals surface area contributed by atoms with Gasteiger partial charge < -0.3 is 10.6 Å². The summed E-state index contributed by atoms with van der Waals surface area (Å²) in [6.45, 7) is 6.27. The number of rotatable bonds is 5. The van der Waals surface area contributed by atoms with E-state index in [-0.39, 0.29) is 5.91 Å². The van der Waals surface area contributed by atoms with Crippen molar-refractivity contribution < 1.29 is 4.79 Å². The minimum atomic E-state index is -0.266. The molecule has 2 aromatic carbocycles. The molecule has 26 heavy (non-hydrogen) atoms. The van der Waals surface area contributed by atoms with Crippen molar-refractivity contribution in [2.75, 3.05) is 10.6 Å². The van der Waals surface area contributed by atoms with Crippen molar-refractivity contribution in [3.63, 3.8) is 0 Å². The predicted molar refractivity (Wildman–Crippen MR) is 105 cm³/mol. The van der Waals surface area contributed by atoms with Crippen LogP contribution in [0.25, 0.3) is 0 Å². The molecular weight excluding hydrogens is 324 g/mol. The molecule has 0 spiro atoms. The second-order valence-corrected chi connectivity index (χ2v) is 6.44. The van der Waals surface area contributed by atoms with Crippen molar-refractivity contribution in [1.82, 2.24) is 9.97 Å². The first-order valence-corrected chi connectivity index (χ1v) is 8.60. The molecule has 5 nitrogen and oxygen atoms in total. The van der Waals surface area contributed by atoms with Gasteiger partial charge in [-0.3, -0.25) is 4.79 Å². The Kier molecular flexibility index (Phi) is 5.27. The first-order valence-electron chi connectivity index (χ1n) is 8.60.